The number of nitrogens with zero attached hydrogens (tertiary/aromatic N) is 1. The lowest BCUT2D eigenvalue weighted by molar-refractivity contribution is 0.112. The minimum absolute atomic E-state index is 0.0954. The Morgan fingerprint density at radius 1 is 1.33 bits per heavy atom. The summed E-state index contributed by atoms with van der Waals surface area (Å²) in [5.74, 6) is 0.705. The molecular weight excluding hydrogens is 270 g/mol. The van der Waals surface area contributed by atoms with E-state index >= 15 is 0 Å². The van der Waals surface area contributed by atoms with Crippen LogP contribution in [0.4, 0.5) is 5.69 Å². The molecule has 0 N–H and O–H groups in total. The molecule has 3 rings (SSSR count). The van der Waals surface area contributed by atoms with E-state index in [4.69, 9.17) is 9.15 Å². The molecule has 1 saturated heterocycles. The first-order valence-electron chi connectivity index (χ1n) is 7.18. The monoisotopic (exact) mass is 287 g/mol. The fourth-order valence-electron chi connectivity index (χ4n) is 2.82. The minimum Gasteiger partial charge on any atom is -0.494 e. The topological polar surface area (TPSA) is 59.8 Å². The molecule has 0 saturated carbocycles. The number of hydrogen-bond donors (Lipinski definition) is 0. The molecule has 0 radical (unpaired) electrons. The Morgan fingerprint density at radius 2 is 2.10 bits per heavy atom. The van der Waals surface area contributed by atoms with Crippen molar-refractivity contribution < 1.29 is 13.9 Å². The number of hydrogen-bond acceptors (Lipinski definition) is 5. The molecule has 2 aromatic rings. The van der Waals surface area contributed by atoms with Gasteiger partial charge in [-0.1, -0.05) is 0 Å². The van der Waals surface area contributed by atoms with Crippen molar-refractivity contribution in [1.82, 2.24) is 0 Å². The van der Waals surface area contributed by atoms with Crippen LogP contribution in [0, 0.1) is 0 Å². The predicted octanol–water partition coefficient (Wildman–Crippen LogP) is 2.60. The number of anilines is 1. The Balaban J connectivity index is 2.28. The van der Waals surface area contributed by atoms with E-state index in [1.165, 1.54) is 0 Å². The van der Waals surface area contributed by atoms with Gasteiger partial charge in [-0.3, -0.25) is 4.79 Å². The van der Waals surface area contributed by atoms with Crippen molar-refractivity contribution in [2.24, 2.45) is 0 Å². The second-order valence-corrected chi connectivity index (χ2v) is 5.05. The van der Waals surface area contributed by atoms with E-state index in [9.17, 15) is 9.59 Å². The Hall–Kier alpha value is -2.30. The lowest BCUT2D eigenvalue weighted by Gasteiger charge is -2.21. The van der Waals surface area contributed by atoms with Crippen LogP contribution in [0.3, 0.4) is 0 Å². The first-order valence-corrected chi connectivity index (χ1v) is 7.18. The SMILES string of the molecule is CCOc1ccc2oc(=O)c(C=O)c(N3CCCC3)c2c1. The van der Waals surface area contributed by atoms with Crippen LogP contribution in [0.5, 0.6) is 5.75 Å². The number of rotatable bonds is 4. The van der Waals surface area contributed by atoms with Crippen LogP contribution >= 0.6 is 0 Å². The molecule has 0 amide bonds. The third-order valence-corrected chi connectivity index (χ3v) is 3.73. The predicted molar refractivity (Wildman–Crippen MR) is 80.5 cm³/mol. The normalized spacial score (nSPS) is 14.6. The molecule has 5 heteroatoms. The molecule has 1 aliphatic heterocycles. The highest BCUT2D eigenvalue weighted by atomic mass is 16.5. The second-order valence-electron chi connectivity index (χ2n) is 5.05. The van der Waals surface area contributed by atoms with E-state index in [-0.39, 0.29) is 5.56 Å². The maximum atomic E-state index is 12.0. The number of ether oxygens (including phenoxy) is 1. The number of carbonyl (C=O) groups excluding carboxylic acids is 1. The Bertz CT molecular complexity index is 729. The van der Waals surface area contributed by atoms with Gasteiger partial charge in [-0.25, -0.2) is 4.79 Å². The van der Waals surface area contributed by atoms with Crippen molar-refractivity contribution in [2.45, 2.75) is 19.8 Å². The van der Waals surface area contributed by atoms with E-state index in [0.717, 1.165) is 31.3 Å². The van der Waals surface area contributed by atoms with Crippen LogP contribution in [-0.4, -0.2) is 26.0 Å². The van der Waals surface area contributed by atoms with Gasteiger partial charge < -0.3 is 14.1 Å². The fraction of sp³-hybridized carbons (Fsp3) is 0.375. The zero-order valence-corrected chi connectivity index (χ0v) is 11.9. The van der Waals surface area contributed by atoms with E-state index in [1.807, 2.05) is 13.0 Å². The molecule has 0 bridgehead atoms. The van der Waals surface area contributed by atoms with Crippen molar-refractivity contribution in [2.75, 3.05) is 24.6 Å². The quantitative estimate of drug-likeness (QED) is 0.639. The third-order valence-electron chi connectivity index (χ3n) is 3.73. The van der Waals surface area contributed by atoms with Crippen LogP contribution < -0.4 is 15.3 Å². The van der Waals surface area contributed by atoms with Crippen LogP contribution in [0.1, 0.15) is 30.1 Å². The molecule has 1 aromatic carbocycles. The molecule has 1 aliphatic rings. The zero-order valence-electron chi connectivity index (χ0n) is 11.9. The second kappa shape index (κ2) is 5.60. The smallest absolute Gasteiger partial charge is 0.349 e. The summed E-state index contributed by atoms with van der Waals surface area (Å²) in [6.07, 6.45) is 2.71. The van der Waals surface area contributed by atoms with Gasteiger partial charge in [-0.2, -0.15) is 0 Å². The van der Waals surface area contributed by atoms with Crippen LogP contribution in [0.15, 0.2) is 27.4 Å². The summed E-state index contributed by atoms with van der Waals surface area (Å²) in [6, 6.07) is 5.32. The highest BCUT2D eigenvalue weighted by Gasteiger charge is 2.22. The van der Waals surface area contributed by atoms with Gasteiger partial charge in [0.15, 0.2) is 6.29 Å². The maximum Gasteiger partial charge on any atom is 0.349 e. The summed E-state index contributed by atoms with van der Waals surface area (Å²) in [4.78, 5) is 25.4. The van der Waals surface area contributed by atoms with Gasteiger partial charge in [-0.05, 0) is 38.0 Å². The highest BCUT2D eigenvalue weighted by molar-refractivity contribution is 6.00. The number of fused-ring (bicyclic) bond motifs is 1. The Kier molecular flexibility index (Phi) is 3.64. The molecule has 5 nitrogen and oxygen atoms in total. The van der Waals surface area contributed by atoms with Crippen molar-refractivity contribution in [3.63, 3.8) is 0 Å². The molecule has 21 heavy (non-hydrogen) atoms. The van der Waals surface area contributed by atoms with Crippen LogP contribution in [0.2, 0.25) is 0 Å². The summed E-state index contributed by atoms with van der Waals surface area (Å²) < 4.78 is 10.8. The zero-order chi connectivity index (χ0) is 14.8. The molecule has 0 unspecified atom stereocenters. The molecule has 0 spiro atoms. The van der Waals surface area contributed by atoms with E-state index in [2.05, 4.69) is 4.90 Å². The van der Waals surface area contributed by atoms with Gasteiger partial charge in [0.1, 0.15) is 16.9 Å². The standard InChI is InChI=1S/C16H17NO4/c1-2-20-11-5-6-14-12(9-11)15(17-7-3-4-8-17)13(10-18)16(19)21-14/h5-6,9-10H,2-4,7-8H2,1H3. The molecular formula is C16H17NO4. The molecule has 110 valence electrons. The molecule has 0 aliphatic carbocycles. The molecule has 1 fully saturated rings. The summed E-state index contributed by atoms with van der Waals surface area (Å²) >= 11 is 0. The third kappa shape index (κ3) is 2.39. The molecule has 0 atom stereocenters. The van der Waals surface area contributed by atoms with Crippen molar-refractivity contribution >= 4 is 22.9 Å². The van der Waals surface area contributed by atoms with Crippen molar-refractivity contribution in [3.05, 3.63) is 34.2 Å². The average molecular weight is 287 g/mol. The minimum atomic E-state index is -0.580. The fourth-order valence-corrected chi connectivity index (χ4v) is 2.82. The summed E-state index contributed by atoms with van der Waals surface area (Å²) in [6.45, 7) is 4.16. The molecule has 1 aromatic heterocycles. The molecule has 2 heterocycles. The largest absolute Gasteiger partial charge is 0.494 e. The number of carbonyl (C=O) groups is 1. The van der Waals surface area contributed by atoms with Gasteiger partial charge in [0.2, 0.25) is 0 Å². The Labute approximate surface area is 122 Å². The van der Waals surface area contributed by atoms with Gasteiger partial charge >= 0.3 is 5.63 Å². The summed E-state index contributed by atoms with van der Waals surface area (Å²) in [5.41, 5.74) is 0.674. The van der Waals surface area contributed by atoms with Crippen molar-refractivity contribution in [1.29, 1.82) is 0 Å². The van der Waals surface area contributed by atoms with Crippen LogP contribution in [0.25, 0.3) is 11.0 Å². The van der Waals surface area contributed by atoms with E-state index in [1.54, 1.807) is 12.1 Å². The van der Waals surface area contributed by atoms with E-state index in [0.29, 0.717) is 29.9 Å². The summed E-state index contributed by atoms with van der Waals surface area (Å²) in [5, 5.41) is 0.754. The number of benzene rings is 1. The van der Waals surface area contributed by atoms with Gasteiger partial charge in [0.05, 0.1) is 12.3 Å². The average Bonchev–Trinajstić information content (AvgIpc) is 3.00. The van der Waals surface area contributed by atoms with E-state index < -0.39 is 5.63 Å². The number of aldehydes is 1. The first-order chi connectivity index (χ1) is 10.2. The summed E-state index contributed by atoms with van der Waals surface area (Å²) in [7, 11) is 0. The van der Waals surface area contributed by atoms with Crippen molar-refractivity contribution in [3.8, 4) is 5.75 Å². The highest BCUT2D eigenvalue weighted by Crippen LogP contribution is 2.33. The van der Waals surface area contributed by atoms with Gasteiger partial charge in [0, 0.05) is 18.5 Å². The first kappa shape index (κ1) is 13.7. The Morgan fingerprint density at radius 3 is 2.76 bits per heavy atom. The lowest BCUT2D eigenvalue weighted by atomic mass is 10.1. The maximum absolute atomic E-state index is 12.0. The lowest BCUT2D eigenvalue weighted by Crippen LogP contribution is -2.23. The van der Waals surface area contributed by atoms with Gasteiger partial charge in [0.25, 0.3) is 0 Å². The van der Waals surface area contributed by atoms with Gasteiger partial charge in [-0.15, -0.1) is 0 Å². The van der Waals surface area contributed by atoms with Crippen LogP contribution in [-0.2, 0) is 0 Å².